The van der Waals surface area contributed by atoms with Crippen molar-refractivity contribution >= 4 is 11.7 Å². The average Bonchev–Trinajstić information content (AvgIpc) is 2.62. The number of carbonyl (C=O) groups is 1. The molecular weight excluding hydrogens is 264 g/mol. The second kappa shape index (κ2) is 6.94. The quantitative estimate of drug-likeness (QED) is 0.866. The SMILES string of the molecule is CCOC(=O)C1(Nc2cccc(C)c2)CCCN(C)CC1. The number of ether oxygens (including phenoxy) is 1. The van der Waals surface area contributed by atoms with Crippen molar-refractivity contribution in [2.24, 2.45) is 0 Å². The number of benzene rings is 1. The van der Waals surface area contributed by atoms with Gasteiger partial charge in [0.2, 0.25) is 0 Å². The zero-order chi connectivity index (χ0) is 15.3. The van der Waals surface area contributed by atoms with E-state index in [2.05, 4.69) is 36.3 Å². The lowest BCUT2D eigenvalue weighted by atomic mass is 9.90. The van der Waals surface area contributed by atoms with E-state index in [-0.39, 0.29) is 5.97 Å². The third-order valence-electron chi connectivity index (χ3n) is 4.13. The fourth-order valence-corrected chi connectivity index (χ4v) is 2.92. The number of likely N-dealkylation sites (tertiary alicyclic amines) is 1. The smallest absolute Gasteiger partial charge is 0.331 e. The van der Waals surface area contributed by atoms with E-state index in [4.69, 9.17) is 4.74 Å². The van der Waals surface area contributed by atoms with Crippen LogP contribution >= 0.6 is 0 Å². The Kier molecular flexibility index (Phi) is 5.23. The van der Waals surface area contributed by atoms with Crippen molar-refractivity contribution in [3.8, 4) is 0 Å². The molecule has 0 aliphatic carbocycles. The normalized spacial score (nSPS) is 23.4. The molecule has 1 atom stereocenters. The second-order valence-corrected chi connectivity index (χ2v) is 5.95. The molecule has 0 bridgehead atoms. The number of esters is 1. The molecule has 1 saturated heterocycles. The molecule has 4 nitrogen and oxygen atoms in total. The summed E-state index contributed by atoms with van der Waals surface area (Å²) in [7, 11) is 2.11. The minimum Gasteiger partial charge on any atom is -0.464 e. The minimum absolute atomic E-state index is 0.123. The van der Waals surface area contributed by atoms with Crippen LogP contribution in [0.15, 0.2) is 24.3 Å². The van der Waals surface area contributed by atoms with Crippen molar-refractivity contribution < 1.29 is 9.53 Å². The molecule has 0 saturated carbocycles. The number of hydrogen-bond donors (Lipinski definition) is 1. The maximum atomic E-state index is 12.6. The summed E-state index contributed by atoms with van der Waals surface area (Å²) in [4.78, 5) is 14.8. The standard InChI is InChI=1S/C17H26N2O2/c1-4-21-16(20)17(9-6-11-19(3)12-10-17)18-15-8-5-7-14(2)13-15/h5,7-8,13,18H,4,6,9-12H2,1-3H3. The lowest BCUT2D eigenvalue weighted by Gasteiger charge is -2.32. The fraction of sp³-hybridized carbons (Fsp3) is 0.588. The number of rotatable bonds is 4. The molecule has 1 N–H and O–H groups in total. The number of aryl methyl sites for hydroxylation is 1. The van der Waals surface area contributed by atoms with E-state index >= 15 is 0 Å². The van der Waals surface area contributed by atoms with E-state index in [1.807, 2.05) is 19.1 Å². The van der Waals surface area contributed by atoms with Crippen molar-refractivity contribution in [1.82, 2.24) is 4.90 Å². The van der Waals surface area contributed by atoms with Crippen LogP contribution in [0.3, 0.4) is 0 Å². The molecule has 1 heterocycles. The van der Waals surface area contributed by atoms with Crippen LogP contribution in [0.5, 0.6) is 0 Å². The Bertz CT molecular complexity index is 489. The first kappa shape index (κ1) is 15.8. The third-order valence-corrected chi connectivity index (χ3v) is 4.13. The summed E-state index contributed by atoms with van der Waals surface area (Å²) < 4.78 is 5.36. The van der Waals surface area contributed by atoms with E-state index in [9.17, 15) is 4.79 Å². The molecule has 2 rings (SSSR count). The van der Waals surface area contributed by atoms with E-state index in [0.29, 0.717) is 6.61 Å². The molecule has 0 spiro atoms. The summed E-state index contributed by atoms with van der Waals surface area (Å²) in [5.41, 5.74) is 1.58. The summed E-state index contributed by atoms with van der Waals surface area (Å²) in [5.74, 6) is -0.123. The van der Waals surface area contributed by atoms with Gasteiger partial charge in [-0.2, -0.15) is 0 Å². The highest BCUT2D eigenvalue weighted by atomic mass is 16.5. The lowest BCUT2D eigenvalue weighted by Crippen LogP contribution is -2.48. The minimum atomic E-state index is -0.603. The van der Waals surface area contributed by atoms with Gasteiger partial charge >= 0.3 is 5.97 Å². The summed E-state index contributed by atoms with van der Waals surface area (Å²) in [6.07, 6.45) is 2.58. The van der Waals surface area contributed by atoms with Gasteiger partial charge in [-0.1, -0.05) is 12.1 Å². The van der Waals surface area contributed by atoms with Gasteiger partial charge in [0.25, 0.3) is 0 Å². The van der Waals surface area contributed by atoms with Gasteiger partial charge in [-0.05, 0) is 64.4 Å². The summed E-state index contributed by atoms with van der Waals surface area (Å²) in [6.45, 7) is 6.27. The van der Waals surface area contributed by atoms with Gasteiger partial charge in [-0.15, -0.1) is 0 Å². The monoisotopic (exact) mass is 290 g/mol. The summed E-state index contributed by atoms with van der Waals surface area (Å²) in [5, 5.41) is 3.48. The predicted octanol–water partition coefficient (Wildman–Crippen LogP) is 2.82. The first-order valence-corrected chi connectivity index (χ1v) is 7.76. The van der Waals surface area contributed by atoms with Crippen molar-refractivity contribution in [3.63, 3.8) is 0 Å². The molecular formula is C17H26N2O2. The zero-order valence-electron chi connectivity index (χ0n) is 13.3. The molecule has 1 aliphatic heterocycles. The highest BCUT2D eigenvalue weighted by Gasteiger charge is 2.40. The van der Waals surface area contributed by atoms with Gasteiger partial charge in [-0.3, -0.25) is 0 Å². The van der Waals surface area contributed by atoms with Gasteiger partial charge in [0.05, 0.1) is 6.61 Å². The average molecular weight is 290 g/mol. The molecule has 0 amide bonds. The molecule has 1 fully saturated rings. The Morgan fingerprint density at radius 2 is 2.19 bits per heavy atom. The Labute approximate surface area is 127 Å². The number of carbonyl (C=O) groups excluding carboxylic acids is 1. The van der Waals surface area contributed by atoms with Crippen LogP contribution in [-0.2, 0) is 9.53 Å². The van der Waals surface area contributed by atoms with Crippen molar-refractivity contribution in [2.45, 2.75) is 38.6 Å². The van der Waals surface area contributed by atoms with Crippen molar-refractivity contribution in [1.29, 1.82) is 0 Å². The van der Waals surface area contributed by atoms with Gasteiger partial charge in [0.15, 0.2) is 0 Å². The van der Waals surface area contributed by atoms with E-state index < -0.39 is 5.54 Å². The zero-order valence-corrected chi connectivity index (χ0v) is 13.3. The third kappa shape index (κ3) is 3.97. The van der Waals surface area contributed by atoms with Crippen molar-refractivity contribution in [2.75, 3.05) is 32.1 Å². The van der Waals surface area contributed by atoms with Gasteiger partial charge in [0.1, 0.15) is 5.54 Å². The summed E-state index contributed by atoms with van der Waals surface area (Å²) in [6, 6.07) is 8.17. The van der Waals surface area contributed by atoms with Gasteiger partial charge in [-0.25, -0.2) is 4.79 Å². The maximum Gasteiger partial charge on any atom is 0.331 e. The van der Waals surface area contributed by atoms with Crippen LogP contribution in [-0.4, -0.2) is 43.2 Å². The molecule has 21 heavy (non-hydrogen) atoms. The Hall–Kier alpha value is -1.55. The van der Waals surface area contributed by atoms with Gasteiger partial charge in [0, 0.05) is 12.2 Å². The summed E-state index contributed by atoms with van der Waals surface area (Å²) >= 11 is 0. The number of anilines is 1. The Morgan fingerprint density at radius 1 is 1.38 bits per heavy atom. The first-order valence-electron chi connectivity index (χ1n) is 7.76. The van der Waals surface area contributed by atoms with E-state index in [1.165, 1.54) is 5.56 Å². The molecule has 116 valence electrons. The lowest BCUT2D eigenvalue weighted by molar-refractivity contribution is -0.149. The van der Waals surface area contributed by atoms with E-state index in [1.54, 1.807) is 0 Å². The molecule has 1 aromatic carbocycles. The Balaban J connectivity index is 2.24. The molecule has 4 heteroatoms. The largest absolute Gasteiger partial charge is 0.464 e. The molecule has 0 aromatic heterocycles. The van der Waals surface area contributed by atoms with Crippen molar-refractivity contribution in [3.05, 3.63) is 29.8 Å². The van der Waals surface area contributed by atoms with Crippen LogP contribution in [0.25, 0.3) is 0 Å². The van der Waals surface area contributed by atoms with Gasteiger partial charge < -0.3 is 15.0 Å². The van der Waals surface area contributed by atoms with Crippen LogP contribution in [0.4, 0.5) is 5.69 Å². The first-order chi connectivity index (χ1) is 10.1. The molecule has 1 aliphatic rings. The topological polar surface area (TPSA) is 41.6 Å². The number of nitrogens with one attached hydrogen (secondary N) is 1. The van der Waals surface area contributed by atoms with Crippen LogP contribution < -0.4 is 5.32 Å². The molecule has 1 aromatic rings. The molecule has 1 unspecified atom stereocenters. The second-order valence-electron chi connectivity index (χ2n) is 5.95. The predicted molar refractivity (Wildman–Crippen MR) is 85.5 cm³/mol. The van der Waals surface area contributed by atoms with Crippen LogP contribution in [0, 0.1) is 6.92 Å². The maximum absolute atomic E-state index is 12.6. The van der Waals surface area contributed by atoms with Crippen LogP contribution in [0.2, 0.25) is 0 Å². The molecule has 0 radical (unpaired) electrons. The highest BCUT2D eigenvalue weighted by Crippen LogP contribution is 2.28. The van der Waals surface area contributed by atoms with E-state index in [0.717, 1.165) is 38.0 Å². The van der Waals surface area contributed by atoms with Crippen LogP contribution in [0.1, 0.15) is 31.7 Å². The highest BCUT2D eigenvalue weighted by molar-refractivity contribution is 5.84. The Morgan fingerprint density at radius 3 is 2.90 bits per heavy atom. The number of nitrogens with zero attached hydrogens (tertiary/aromatic N) is 1. The fourth-order valence-electron chi connectivity index (χ4n) is 2.92. The number of hydrogen-bond acceptors (Lipinski definition) is 4.